The molecule has 0 aliphatic heterocycles. The summed E-state index contributed by atoms with van der Waals surface area (Å²) in [5.74, 6) is 6.67. The Kier molecular flexibility index (Phi) is 4.67. The van der Waals surface area contributed by atoms with Gasteiger partial charge in [-0.15, -0.1) is 0 Å². The highest BCUT2D eigenvalue weighted by atomic mass is 15.3. The second-order valence-corrected chi connectivity index (χ2v) is 6.17. The summed E-state index contributed by atoms with van der Waals surface area (Å²) in [5.41, 5.74) is 6.25. The Morgan fingerprint density at radius 3 is 2.89 bits per heavy atom. The maximum atomic E-state index is 5.59. The number of fused-ring (bicyclic) bond motifs is 1. The zero-order valence-electron chi connectivity index (χ0n) is 15.0. The largest absolute Gasteiger partial charge is 0.363 e. The van der Waals surface area contributed by atoms with Gasteiger partial charge in [0.15, 0.2) is 11.6 Å². The number of hydrogen-bond acceptors (Lipinski definition) is 7. The Morgan fingerprint density at radius 1 is 1.11 bits per heavy atom. The number of imidazole rings is 1. The second-order valence-electron chi connectivity index (χ2n) is 6.17. The van der Waals surface area contributed by atoms with Crippen LogP contribution in [0.4, 0.5) is 11.6 Å². The van der Waals surface area contributed by atoms with Crippen LogP contribution in [0, 0.1) is 0 Å². The van der Waals surface area contributed by atoms with Crippen molar-refractivity contribution < 1.29 is 0 Å². The first-order valence-corrected chi connectivity index (χ1v) is 8.79. The maximum Gasteiger partial charge on any atom is 0.183 e. The standard InChI is InChI=1S/C18H21N9/c1-2-6-27-12-14(9-23-27)15-10-22-18(25-19)17(24-15)21-8-13-3-4-16-20-5-7-26(16)11-13/h3-5,7,9-12H,2,6,8,19H2,1H3,(H,21,24)(H,22,25). The number of hydrazine groups is 1. The molecule has 0 aromatic carbocycles. The zero-order chi connectivity index (χ0) is 18.6. The van der Waals surface area contributed by atoms with Gasteiger partial charge >= 0.3 is 0 Å². The van der Waals surface area contributed by atoms with E-state index in [1.54, 1.807) is 18.6 Å². The fourth-order valence-corrected chi connectivity index (χ4v) is 2.86. The van der Waals surface area contributed by atoms with E-state index < -0.39 is 0 Å². The minimum Gasteiger partial charge on any atom is -0.363 e. The van der Waals surface area contributed by atoms with Gasteiger partial charge in [-0.1, -0.05) is 13.0 Å². The number of aryl methyl sites for hydroxylation is 1. The first-order valence-electron chi connectivity index (χ1n) is 8.79. The molecule has 0 fully saturated rings. The summed E-state index contributed by atoms with van der Waals surface area (Å²) < 4.78 is 3.88. The number of anilines is 2. The summed E-state index contributed by atoms with van der Waals surface area (Å²) in [6.07, 6.45) is 12.2. The van der Waals surface area contributed by atoms with Gasteiger partial charge in [-0.3, -0.25) is 4.68 Å². The Labute approximate surface area is 156 Å². The Hall–Kier alpha value is -3.46. The van der Waals surface area contributed by atoms with Crippen molar-refractivity contribution in [2.45, 2.75) is 26.4 Å². The number of hydrogen-bond donors (Lipinski definition) is 3. The lowest BCUT2D eigenvalue weighted by atomic mass is 10.2. The molecule has 9 heteroatoms. The Bertz CT molecular complexity index is 1050. The summed E-state index contributed by atoms with van der Waals surface area (Å²) in [6, 6.07) is 4.00. The molecule has 27 heavy (non-hydrogen) atoms. The molecule has 9 nitrogen and oxygen atoms in total. The topological polar surface area (TPSA) is 111 Å². The van der Waals surface area contributed by atoms with E-state index in [4.69, 9.17) is 5.84 Å². The molecule has 0 aliphatic rings. The van der Waals surface area contributed by atoms with E-state index in [1.807, 2.05) is 39.8 Å². The van der Waals surface area contributed by atoms with Crippen molar-refractivity contribution in [1.82, 2.24) is 29.1 Å². The van der Waals surface area contributed by atoms with E-state index in [0.29, 0.717) is 18.2 Å². The van der Waals surface area contributed by atoms with Gasteiger partial charge in [-0.2, -0.15) is 5.10 Å². The van der Waals surface area contributed by atoms with Gasteiger partial charge < -0.3 is 15.1 Å². The van der Waals surface area contributed by atoms with Crippen molar-refractivity contribution in [3.05, 3.63) is 54.9 Å². The molecular formula is C18H21N9. The smallest absolute Gasteiger partial charge is 0.183 e. The maximum absolute atomic E-state index is 5.59. The molecule has 4 heterocycles. The first kappa shape index (κ1) is 17.0. The normalized spacial score (nSPS) is 11.0. The van der Waals surface area contributed by atoms with Gasteiger partial charge in [0.2, 0.25) is 0 Å². The van der Waals surface area contributed by atoms with Crippen LogP contribution >= 0.6 is 0 Å². The summed E-state index contributed by atoms with van der Waals surface area (Å²) >= 11 is 0. The third-order valence-corrected chi connectivity index (χ3v) is 4.20. The van der Waals surface area contributed by atoms with Crippen LogP contribution in [-0.2, 0) is 13.1 Å². The minimum atomic E-state index is 0.489. The molecule has 0 radical (unpaired) electrons. The highest BCUT2D eigenvalue weighted by Crippen LogP contribution is 2.22. The van der Waals surface area contributed by atoms with E-state index in [0.717, 1.165) is 35.4 Å². The van der Waals surface area contributed by atoms with Crippen molar-refractivity contribution in [1.29, 1.82) is 0 Å². The van der Waals surface area contributed by atoms with Crippen LogP contribution < -0.4 is 16.6 Å². The summed E-state index contributed by atoms with van der Waals surface area (Å²) in [5, 5.41) is 7.65. The van der Waals surface area contributed by atoms with E-state index >= 15 is 0 Å². The fraction of sp³-hybridized carbons (Fsp3) is 0.222. The minimum absolute atomic E-state index is 0.489. The number of rotatable bonds is 7. The molecule has 0 aliphatic carbocycles. The highest BCUT2D eigenvalue weighted by molar-refractivity contribution is 5.65. The number of pyridine rings is 1. The number of nitrogens with zero attached hydrogens (tertiary/aromatic N) is 6. The summed E-state index contributed by atoms with van der Waals surface area (Å²) in [6.45, 7) is 3.57. The van der Waals surface area contributed by atoms with Crippen LogP contribution in [0.2, 0.25) is 0 Å². The molecule has 138 valence electrons. The van der Waals surface area contributed by atoms with E-state index in [1.165, 1.54) is 0 Å². The predicted molar refractivity (Wildman–Crippen MR) is 104 cm³/mol. The van der Waals surface area contributed by atoms with E-state index in [-0.39, 0.29) is 0 Å². The van der Waals surface area contributed by atoms with Gasteiger partial charge in [0.1, 0.15) is 5.65 Å². The van der Waals surface area contributed by atoms with Crippen LogP contribution in [0.15, 0.2) is 49.3 Å². The van der Waals surface area contributed by atoms with Crippen molar-refractivity contribution in [3.8, 4) is 11.3 Å². The third kappa shape index (κ3) is 3.58. The lowest BCUT2D eigenvalue weighted by Gasteiger charge is -2.11. The van der Waals surface area contributed by atoms with Gasteiger partial charge in [0, 0.05) is 43.4 Å². The van der Waals surface area contributed by atoms with Crippen molar-refractivity contribution in [2.24, 2.45) is 5.84 Å². The SMILES string of the molecule is CCCn1cc(-c2cnc(NN)c(NCc3ccc4nccn4c3)n2)cn1. The molecule has 0 amide bonds. The van der Waals surface area contributed by atoms with Crippen LogP contribution in [0.1, 0.15) is 18.9 Å². The van der Waals surface area contributed by atoms with Crippen molar-refractivity contribution >= 4 is 17.3 Å². The number of nitrogens with two attached hydrogens (primary N) is 1. The monoisotopic (exact) mass is 363 g/mol. The Balaban J connectivity index is 1.56. The summed E-state index contributed by atoms with van der Waals surface area (Å²) in [4.78, 5) is 13.3. The van der Waals surface area contributed by atoms with Crippen molar-refractivity contribution in [3.63, 3.8) is 0 Å². The molecule has 0 spiro atoms. The molecule has 4 rings (SSSR count). The van der Waals surface area contributed by atoms with E-state index in [9.17, 15) is 0 Å². The molecule has 0 saturated carbocycles. The first-order chi connectivity index (χ1) is 13.3. The molecule has 0 saturated heterocycles. The molecule has 4 N–H and O–H groups in total. The number of nitrogens with one attached hydrogen (secondary N) is 2. The lowest BCUT2D eigenvalue weighted by Crippen LogP contribution is -2.13. The van der Waals surface area contributed by atoms with E-state index in [2.05, 4.69) is 37.7 Å². The van der Waals surface area contributed by atoms with Crippen LogP contribution in [-0.4, -0.2) is 29.1 Å². The molecule has 4 aromatic rings. The van der Waals surface area contributed by atoms with Crippen LogP contribution in [0.5, 0.6) is 0 Å². The van der Waals surface area contributed by atoms with Gasteiger partial charge in [-0.05, 0) is 18.1 Å². The van der Waals surface area contributed by atoms with Gasteiger partial charge in [0.25, 0.3) is 0 Å². The second kappa shape index (κ2) is 7.42. The number of nitrogen functional groups attached to an aromatic ring is 1. The molecule has 0 unspecified atom stereocenters. The fourth-order valence-electron chi connectivity index (χ4n) is 2.86. The predicted octanol–water partition coefficient (Wildman–Crippen LogP) is 2.30. The van der Waals surface area contributed by atoms with Crippen molar-refractivity contribution in [2.75, 3.05) is 10.7 Å². The average Bonchev–Trinajstić information content (AvgIpc) is 3.35. The average molecular weight is 363 g/mol. The molecular weight excluding hydrogens is 342 g/mol. The van der Waals surface area contributed by atoms with Crippen LogP contribution in [0.25, 0.3) is 16.9 Å². The van der Waals surface area contributed by atoms with Gasteiger partial charge in [0.05, 0.1) is 18.1 Å². The quantitative estimate of drug-likeness (QED) is 0.341. The Morgan fingerprint density at radius 2 is 2.04 bits per heavy atom. The molecule has 4 aromatic heterocycles. The summed E-state index contributed by atoms with van der Waals surface area (Å²) in [7, 11) is 0. The zero-order valence-corrected chi connectivity index (χ0v) is 15.0. The number of aromatic nitrogens is 6. The van der Waals surface area contributed by atoms with Crippen LogP contribution in [0.3, 0.4) is 0 Å². The third-order valence-electron chi connectivity index (χ3n) is 4.20. The van der Waals surface area contributed by atoms with Gasteiger partial charge in [-0.25, -0.2) is 20.8 Å². The lowest BCUT2D eigenvalue weighted by molar-refractivity contribution is 0.603. The molecule has 0 bridgehead atoms. The molecule has 0 atom stereocenters. The highest BCUT2D eigenvalue weighted by Gasteiger charge is 2.10.